The van der Waals surface area contributed by atoms with Crippen molar-refractivity contribution in [3.63, 3.8) is 0 Å². The van der Waals surface area contributed by atoms with Crippen molar-refractivity contribution in [2.45, 2.75) is 20.3 Å². The predicted molar refractivity (Wildman–Crippen MR) is 35.6 cm³/mol. The maximum Gasteiger partial charge on any atom is 0.120 e. The van der Waals surface area contributed by atoms with Gasteiger partial charge in [0.05, 0.1) is 0 Å². The average molecular weight is 117 g/mol. The molecule has 0 aromatic heterocycles. The molecule has 8 heavy (non-hydrogen) atoms. The van der Waals surface area contributed by atoms with Crippen molar-refractivity contribution in [1.29, 1.82) is 0 Å². The standard InChI is InChI=1S/C5H10O.CH5N/c1-5(2)3-4-6;1-2/h4-5H,3H2,1-2H3;2H2,1H3. The Balaban J connectivity index is 0. The number of hydrogen-bond donors (Lipinski definition) is 1. The lowest BCUT2D eigenvalue weighted by Gasteiger charge is -1.89. The zero-order valence-electron chi connectivity index (χ0n) is 5.85. The SMILES string of the molecule is CC(C)CC=O.CN. The summed E-state index contributed by atoms with van der Waals surface area (Å²) in [6.07, 6.45) is 1.64. The summed E-state index contributed by atoms with van der Waals surface area (Å²) in [6, 6.07) is 0. The molecule has 0 spiro atoms. The second kappa shape index (κ2) is 9.80. The number of hydrogen-bond acceptors (Lipinski definition) is 2. The molecular formula is C6H15NO. The molecular weight excluding hydrogens is 102 g/mol. The Morgan fingerprint density at radius 1 is 1.50 bits per heavy atom. The van der Waals surface area contributed by atoms with Gasteiger partial charge in [-0.15, -0.1) is 0 Å². The molecule has 0 aliphatic rings. The normalized spacial score (nSPS) is 7.62. The minimum absolute atomic E-state index is 0.530. The maximum atomic E-state index is 9.62. The van der Waals surface area contributed by atoms with Gasteiger partial charge in [-0.2, -0.15) is 0 Å². The second-order valence-electron chi connectivity index (χ2n) is 1.80. The molecule has 0 rings (SSSR count). The van der Waals surface area contributed by atoms with Crippen LogP contribution < -0.4 is 5.73 Å². The zero-order valence-corrected chi connectivity index (χ0v) is 5.85. The summed E-state index contributed by atoms with van der Waals surface area (Å²) >= 11 is 0. The Morgan fingerprint density at radius 2 is 1.88 bits per heavy atom. The van der Waals surface area contributed by atoms with Crippen molar-refractivity contribution >= 4 is 6.29 Å². The molecule has 0 aromatic rings. The molecule has 2 heteroatoms. The predicted octanol–water partition coefficient (Wildman–Crippen LogP) is 0.806. The monoisotopic (exact) mass is 117 g/mol. The van der Waals surface area contributed by atoms with Crippen molar-refractivity contribution < 1.29 is 4.79 Å². The first-order valence-corrected chi connectivity index (χ1v) is 2.78. The van der Waals surface area contributed by atoms with Gasteiger partial charge < -0.3 is 10.5 Å². The molecule has 0 aliphatic carbocycles. The first-order chi connectivity index (χ1) is 3.77. The second-order valence-corrected chi connectivity index (χ2v) is 1.80. The van der Waals surface area contributed by atoms with Crippen LogP contribution >= 0.6 is 0 Å². The molecule has 0 amide bonds. The molecule has 0 saturated carbocycles. The Labute approximate surface area is 51.1 Å². The summed E-state index contributed by atoms with van der Waals surface area (Å²) in [4.78, 5) is 9.62. The quantitative estimate of drug-likeness (QED) is 0.544. The molecule has 0 unspecified atom stereocenters. The minimum atomic E-state index is 0.530. The van der Waals surface area contributed by atoms with Gasteiger partial charge in [-0.25, -0.2) is 0 Å². The number of carbonyl (C=O) groups is 1. The fourth-order valence-electron chi connectivity index (χ4n) is 0.192. The molecule has 0 radical (unpaired) electrons. The van der Waals surface area contributed by atoms with Gasteiger partial charge in [-0.3, -0.25) is 0 Å². The van der Waals surface area contributed by atoms with E-state index in [0.29, 0.717) is 12.3 Å². The molecule has 0 fully saturated rings. The van der Waals surface area contributed by atoms with E-state index in [-0.39, 0.29) is 0 Å². The molecule has 2 N–H and O–H groups in total. The fraction of sp³-hybridized carbons (Fsp3) is 0.833. The highest BCUT2D eigenvalue weighted by molar-refractivity contribution is 5.49. The molecule has 2 nitrogen and oxygen atoms in total. The Hall–Kier alpha value is -0.370. The van der Waals surface area contributed by atoms with Crippen LogP contribution in [0.3, 0.4) is 0 Å². The summed E-state index contributed by atoms with van der Waals surface area (Å²) in [6.45, 7) is 4.04. The third-order valence-electron chi connectivity index (χ3n) is 0.568. The van der Waals surface area contributed by atoms with Gasteiger partial charge >= 0.3 is 0 Å². The molecule has 0 aliphatic heterocycles. The van der Waals surface area contributed by atoms with Gasteiger partial charge in [0.1, 0.15) is 6.29 Å². The highest BCUT2D eigenvalue weighted by Crippen LogP contribution is 1.92. The molecule has 0 heterocycles. The van der Waals surface area contributed by atoms with E-state index in [1.807, 2.05) is 13.8 Å². The molecule has 0 bridgehead atoms. The van der Waals surface area contributed by atoms with Crippen LogP contribution in [0.25, 0.3) is 0 Å². The van der Waals surface area contributed by atoms with Gasteiger partial charge in [0.2, 0.25) is 0 Å². The highest BCUT2D eigenvalue weighted by Gasteiger charge is 1.85. The van der Waals surface area contributed by atoms with Crippen molar-refractivity contribution in [1.82, 2.24) is 0 Å². The van der Waals surface area contributed by atoms with Gasteiger partial charge in [0, 0.05) is 6.42 Å². The van der Waals surface area contributed by atoms with Crippen LogP contribution in [0, 0.1) is 5.92 Å². The van der Waals surface area contributed by atoms with E-state index >= 15 is 0 Å². The van der Waals surface area contributed by atoms with Crippen molar-refractivity contribution in [3.8, 4) is 0 Å². The van der Waals surface area contributed by atoms with Gasteiger partial charge in [0.15, 0.2) is 0 Å². The topological polar surface area (TPSA) is 43.1 Å². The van der Waals surface area contributed by atoms with E-state index in [0.717, 1.165) is 6.29 Å². The van der Waals surface area contributed by atoms with Gasteiger partial charge in [0.25, 0.3) is 0 Å². The summed E-state index contributed by atoms with van der Waals surface area (Å²) in [5, 5.41) is 0. The van der Waals surface area contributed by atoms with Crippen molar-refractivity contribution in [2.75, 3.05) is 7.05 Å². The van der Waals surface area contributed by atoms with E-state index in [9.17, 15) is 4.79 Å². The lowest BCUT2D eigenvalue weighted by atomic mass is 10.2. The van der Waals surface area contributed by atoms with Crippen LogP contribution in [-0.4, -0.2) is 13.3 Å². The summed E-state index contributed by atoms with van der Waals surface area (Å²) in [5.41, 5.74) is 4.50. The summed E-state index contributed by atoms with van der Waals surface area (Å²) in [7, 11) is 1.50. The summed E-state index contributed by atoms with van der Waals surface area (Å²) in [5.74, 6) is 0.530. The first kappa shape index (κ1) is 10.6. The highest BCUT2D eigenvalue weighted by atomic mass is 16.1. The fourth-order valence-corrected chi connectivity index (χ4v) is 0.192. The van der Waals surface area contributed by atoms with Crippen LogP contribution in [-0.2, 0) is 4.79 Å². The molecule has 0 aromatic carbocycles. The van der Waals surface area contributed by atoms with Gasteiger partial charge in [-0.05, 0) is 13.0 Å². The number of aldehydes is 1. The Kier molecular flexibility index (Phi) is 13.0. The van der Waals surface area contributed by atoms with Crippen LogP contribution in [0.5, 0.6) is 0 Å². The van der Waals surface area contributed by atoms with E-state index in [1.165, 1.54) is 7.05 Å². The van der Waals surface area contributed by atoms with Crippen LogP contribution in [0.2, 0.25) is 0 Å². The molecule has 50 valence electrons. The van der Waals surface area contributed by atoms with Crippen molar-refractivity contribution in [2.24, 2.45) is 11.7 Å². The van der Waals surface area contributed by atoms with Crippen LogP contribution in [0.4, 0.5) is 0 Å². The molecule has 0 saturated heterocycles. The largest absolute Gasteiger partial charge is 0.333 e. The first-order valence-electron chi connectivity index (χ1n) is 2.78. The van der Waals surface area contributed by atoms with Crippen LogP contribution in [0.1, 0.15) is 20.3 Å². The third-order valence-corrected chi connectivity index (χ3v) is 0.568. The Morgan fingerprint density at radius 3 is 1.88 bits per heavy atom. The maximum absolute atomic E-state index is 9.62. The summed E-state index contributed by atoms with van der Waals surface area (Å²) < 4.78 is 0. The van der Waals surface area contributed by atoms with E-state index < -0.39 is 0 Å². The third kappa shape index (κ3) is 17.4. The lowest BCUT2D eigenvalue weighted by molar-refractivity contribution is -0.108. The Bertz CT molecular complexity index is 43.8. The number of rotatable bonds is 2. The van der Waals surface area contributed by atoms with Crippen LogP contribution in [0.15, 0.2) is 0 Å². The van der Waals surface area contributed by atoms with E-state index in [1.54, 1.807) is 0 Å². The number of carbonyl (C=O) groups excluding carboxylic acids is 1. The zero-order chi connectivity index (χ0) is 6.99. The van der Waals surface area contributed by atoms with Crippen molar-refractivity contribution in [3.05, 3.63) is 0 Å². The average Bonchev–Trinajstić information content (AvgIpc) is 1.72. The minimum Gasteiger partial charge on any atom is -0.333 e. The number of nitrogens with two attached hydrogens (primary N) is 1. The van der Waals surface area contributed by atoms with E-state index in [2.05, 4.69) is 5.73 Å². The van der Waals surface area contributed by atoms with Gasteiger partial charge in [-0.1, -0.05) is 13.8 Å². The molecule has 0 atom stereocenters. The lowest BCUT2D eigenvalue weighted by Crippen LogP contribution is -1.84. The van der Waals surface area contributed by atoms with E-state index in [4.69, 9.17) is 0 Å². The smallest absolute Gasteiger partial charge is 0.120 e.